The number of fused-ring (bicyclic) bond motifs is 1. The fourth-order valence-electron chi connectivity index (χ4n) is 5.04. The molecule has 0 aromatic carbocycles. The Morgan fingerprint density at radius 1 is 1.16 bits per heavy atom. The third-order valence-corrected chi connectivity index (χ3v) is 6.27. The molecule has 0 amide bonds. The van der Waals surface area contributed by atoms with Gasteiger partial charge in [0.15, 0.2) is 0 Å². The van der Waals surface area contributed by atoms with Gasteiger partial charge in [-0.15, -0.1) is 0 Å². The van der Waals surface area contributed by atoms with Gasteiger partial charge in [0, 0.05) is 24.7 Å². The van der Waals surface area contributed by atoms with Crippen LogP contribution in [0.4, 0.5) is 0 Å². The molecular weight excluding hydrogens is 236 g/mol. The maximum absolute atomic E-state index is 6.34. The van der Waals surface area contributed by atoms with E-state index in [1.165, 1.54) is 44.9 Å². The largest absolute Gasteiger partial charge is 0.375 e. The minimum atomic E-state index is 0.211. The predicted octanol–water partition coefficient (Wildman–Crippen LogP) is 2.54. The first-order valence-electron chi connectivity index (χ1n) is 8.19. The Morgan fingerprint density at radius 3 is 2.68 bits per heavy atom. The van der Waals surface area contributed by atoms with Gasteiger partial charge in [-0.1, -0.05) is 26.7 Å². The minimum Gasteiger partial charge on any atom is -0.375 e. The summed E-state index contributed by atoms with van der Waals surface area (Å²) in [5.41, 5.74) is 6.89. The molecule has 3 nitrogen and oxygen atoms in total. The van der Waals surface area contributed by atoms with Crippen LogP contribution < -0.4 is 5.73 Å². The smallest absolute Gasteiger partial charge is 0.0731 e. The average molecular weight is 266 g/mol. The van der Waals surface area contributed by atoms with E-state index in [1.54, 1.807) is 0 Å². The van der Waals surface area contributed by atoms with Crippen molar-refractivity contribution in [1.82, 2.24) is 4.90 Å². The second-order valence-electron chi connectivity index (χ2n) is 7.43. The van der Waals surface area contributed by atoms with Crippen molar-refractivity contribution >= 4 is 0 Å². The molecule has 3 atom stereocenters. The Morgan fingerprint density at radius 2 is 1.95 bits per heavy atom. The number of nitrogens with two attached hydrogens (primary N) is 1. The van der Waals surface area contributed by atoms with Gasteiger partial charge in [-0.3, -0.25) is 4.90 Å². The van der Waals surface area contributed by atoms with Crippen LogP contribution in [0.2, 0.25) is 0 Å². The van der Waals surface area contributed by atoms with Crippen molar-refractivity contribution in [3.8, 4) is 0 Å². The molecule has 1 aliphatic heterocycles. The summed E-state index contributed by atoms with van der Waals surface area (Å²) in [6, 6.07) is 0.634. The Kier molecular flexibility index (Phi) is 3.65. The molecule has 1 saturated heterocycles. The van der Waals surface area contributed by atoms with Crippen LogP contribution in [-0.4, -0.2) is 42.3 Å². The summed E-state index contributed by atoms with van der Waals surface area (Å²) in [7, 11) is 0. The molecule has 1 heterocycles. The first-order valence-corrected chi connectivity index (χ1v) is 8.19. The molecule has 2 aliphatic carbocycles. The second kappa shape index (κ2) is 5.01. The molecule has 2 saturated carbocycles. The van der Waals surface area contributed by atoms with E-state index in [0.717, 1.165) is 19.7 Å². The zero-order chi connectivity index (χ0) is 13.5. The topological polar surface area (TPSA) is 38.5 Å². The Labute approximate surface area is 117 Å². The standard InChI is InChI=1S/C16H30N2O/c1-15(2)8-3-4-9-16(15,12-17)18-10-11-19-14-7-5-6-13(14)18/h13-14H,3-12,17H2,1-2H3. The van der Waals surface area contributed by atoms with Crippen molar-refractivity contribution in [3.05, 3.63) is 0 Å². The Balaban J connectivity index is 1.91. The fourth-order valence-corrected chi connectivity index (χ4v) is 5.04. The quantitative estimate of drug-likeness (QED) is 0.835. The number of ether oxygens (including phenoxy) is 1. The van der Waals surface area contributed by atoms with Crippen molar-refractivity contribution in [1.29, 1.82) is 0 Å². The first-order chi connectivity index (χ1) is 9.11. The van der Waals surface area contributed by atoms with Crippen LogP contribution in [0.3, 0.4) is 0 Å². The fraction of sp³-hybridized carbons (Fsp3) is 1.00. The molecule has 0 spiro atoms. The predicted molar refractivity (Wildman–Crippen MR) is 78.1 cm³/mol. The summed E-state index contributed by atoms with van der Waals surface area (Å²) < 4.78 is 6.00. The van der Waals surface area contributed by atoms with E-state index in [1.807, 2.05) is 0 Å². The van der Waals surface area contributed by atoms with Crippen molar-refractivity contribution in [2.75, 3.05) is 19.7 Å². The molecule has 19 heavy (non-hydrogen) atoms. The summed E-state index contributed by atoms with van der Waals surface area (Å²) in [6.45, 7) is 7.68. The van der Waals surface area contributed by atoms with Gasteiger partial charge in [0.25, 0.3) is 0 Å². The van der Waals surface area contributed by atoms with Gasteiger partial charge in [-0.25, -0.2) is 0 Å². The number of hydrogen-bond acceptors (Lipinski definition) is 3. The molecule has 2 N–H and O–H groups in total. The zero-order valence-corrected chi connectivity index (χ0v) is 12.7. The van der Waals surface area contributed by atoms with Crippen LogP contribution in [0.5, 0.6) is 0 Å². The Hall–Kier alpha value is -0.120. The lowest BCUT2D eigenvalue weighted by molar-refractivity contribution is -0.141. The van der Waals surface area contributed by atoms with Gasteiger partial charge < -0.3 is 10.5 Å². The first kappa shape index (κ1) is 13.8. The van der Waals surface area contributed by atoms with Gasteiger partial charge in [0.05, 0.1) is 12.7 Å². The lowest BCUT2D eigenvalue weighted by Gasteiger charge is -2.59. The lowest BCUT2D eigenvalue weighted by Crippen LogP contribution is -2.69. The van der Waals surface area contributed by atoms with Crippen LogP contribution in [0.25, 0.3) is 0 Å². The molecule has 0 bridgehead atoms. The highest BCUT2D eigenvalue weighted by Gasteiger charge is 2.54. The molecule has 0 aromatic heterocycles. The minimum absolute atomic E-state index is 0.211. The highest BCUT2D eigenvalue weighted by molar-refractivity contribution is 5.09. The van der Waals surface area contributed by atoms with Crippen molar-refractivity contribution < 1.29 is 4.74 Å². The van der Waals surface area contributed by atoms with Gasteiger partial charge in [0.2, 0.25) is 0 Å². The van der Waals surface area contributed by atoms with E-state index in [9.17, 15) is 0 Å². The molecule has 3 heteroatoms. The van der Waals surface area contributed by atoms with E-state index >= 15 is 0 Å². The third kappa shape index (κ3) is 2.05. The summed E-state index contributed by atoms with van der Waals surface area (Å²) in [4.78, 5) is 2.79. The zero-order valence-electron chi connectivity index (χ0n) is 12.7. The average Bonchev–Trinajstić information content (AvgIpc) is 2.87. The van der Waals surface area contributed by atoms with Crippen LogP contribution in [0.15, 0.2) is 0 Å². The van der Waals surface area contributed by atoms with E-state index in [2.05, 4.69) is 18.7 Å². The molecule has 0 aromatic rings. The highest BCUT2D eigenvalue weighted by Crippen LogP contribution is 2.49. The molecule has 110 valence electrons. The number of nitrogens with zero attached hydrogens (tertiary/aromatic N) is 1. The monoisotopic (exact) mass is 266 g/mol. The molecular formula is C16H30N2O. The number of rotatable bonds is 2. The lowest BCUT2D eigenvalue weighted by atomic mass is 9.61. The van der Waals surface area contributed by atoms with Crippen LogP contribution in [0.1, 0.15) is 58.8 Å². The molecule has 3 aliphatic rings. The molecule has 0 radical (unpaired) electrons. The van der Waals surface area contributed by atoms with E-state index < -0.39 is 0 Å². The van der Waals surface area contributed by atoms with Crippen molar-refractivity contribution in [2.45, 2.75) is 76.5 Å². The van der Waals surface area contributed by atoms with Gasteiger partial charge >= 0.3 is 0 Å². The van der Waals surface area contributed by atoms with E-state index in [4.69, 9.17) is 10.5 Å². The van der Waals surface area contributed by atoms with Crippen LogP contribution in [0, 0.1) is 5.41 Å². The van der Waals surface area contributed by atoms with E-state index in [-0.39, 0.29) is 5.54 Å². The summed E-state index contributed by atoms with van der Waals surface area (Å²) in [5.74, 6) is 0. The summed E-state index contributed by atoms with van der Waals surface area (Å²) in [6.07, 6.45) is 9.67. The second-order valence-corrected chi connectivity index (χ2v) is 7.43. The third-order valence-electron chi connectivity index (χ3n) is 6.27. The Bertz CT molecular complexity index is 331. The maximum atomic E-state index is 6.34. The molecule has 3 unspecified atom stereocenters. The van der Waals surface area contributed by atoms with Gasteiger partial charge in [-0.2, -0.15) is 0 Å². The normalized spacial score (nSPS) is 43.1. The molecule has 3 fully saturated rings. The van der Waals surface area contributed by atoms with Crippen molar-refractivity contribution in [3.63, 3.8) is 0 Å². The van der Waals surface area contributed by atoms with Gasteiger partial charge in [0.1, 0.15) is 0 Å². The highest BCUT2D eigenvalue weighted by atomic mass is 16.5. The van der Waals surface area contributed by atoms with Crippen LogP contribution in [-0.2, 0) is 4.74 Å². The van der Waals surface area contributed by atoms with Crippen LogP contribution >= 0.6 is 0 Å². The van der Waals surface area contributed by atoms with Gasteiger partial charge in [-0.05, 0) is 37.5 Å². The number of morpholine rings is 1. The number of hydrogen-bond donors (Lipinski definition) is 1. The molecule has 3 rings (SSSR count). The summed E-state index contributed by atoms with van der Waals surface area (Å²) in [5, 5.41) is 0. The summed E-state index contributed by atoms with van der Waals surface area (Å²) >= 11 is 0. The maximum Gasteiger partial charge on any atom is 0.0731 e. The van der Waals surface area contributed by atoms with E-state index in [0.29, 0.717) is 17.6 Å². The van der Waals surface area contributed by atoms with Crippen molar-refractivity contribution in [2.24, 2.45) is 11.1 Å². The SMILES string of the molecule is CC1(C)CCCCC1(CN)N1CCOC2CCCC21.